The van der Waals surface area contributed by atoms with Crippen molar-refractivity contribution >= 4 is 27.6 Å². The SMILES string of the molecule is CC(Nc1cccc(Br)c1)(C(=O)O)c1cccc(F)c1F. The van der Waals surface area contributed by atoms with E-state index in [2.05, 4.69) is 21.2 Å². The summed E-state index contributed by atoms with van der Waals surface area (Å²) in [6, 6.07) is 10.2. The maximum atomic E-state index is 14.0. The number of nitrogens with one attached hydrogen (secondary N) is 1. The van der Waals surface area contributed by atoms with Crippen molar-refractivity contribution in [3.05, 3.63) is 64.1 Å². The van der Waals surface area contributed by atoms with Crippen molar-refractivity contribution in [2.24, 2.45) is 0 Å². The van der Waals surface area contributed by atoms with E-state index < -0.39 is 23.1 Å². The molecule has 0 fully saturated rings. The smallest absolute Gasteiger partial charge is 0.333 e. The van der Waals surface area contributed by atoms with E-state index in [-0.39, 0.29) is 5.56 Å². The van der Waals surface area contributed by atoms with Crippen LogP contribution in [0.1, 0.15) is 12.5 Å². The van der Waals surface area contributed by atoms with Gasteiger partial charge in [-0.05, 0) is 31.2 Å². The second-order valence-corrected chi connectivity index (χ2v) is 5.58. The molecule has 2 rings (SSSR count). The number of carboxylic acid groups (broad SMARTS) is 1. The predicted molar refractivity (Wildman–Crippen MR) is 79.1 cm³/mol. The number of aliphatic carboxylic acids is 1. The Balaban J connectivity index is 2.51. The zero-order valence-electron chi connectivity index (χ0n) is 11.0. The van der Waals surface area contributed by atoms with Crippen molar-refractivity contribution < 1.29 is 18.7 Å². The molecule has 0 aliphatic rings. The van der Waals surface area contributed by atoms with Crippen molar-refractivity contribution in [2.45, 2.75) is 12.5 Å². The molecular formula is C15H12BrF2NO2. The average molecular weight is 356 g/mol. The summed E-state index contributed by atoms with van der Waals surface area (Å²) in [5.41, 5.74) is -1.60. The molecule has 2 aromatic carbocycles. The van der Waals surface area contributed by atoms with E-state index in [9.17, 15) is 18.7 Å². The fourth-order valence-electron chi connectivity index (χ4n) is 1.98. The summed E-state index contributed by atoms with van der Waals surface area (Å²) in [5.74, 6) is -3.58. The van der Waals surface area contributed by atoms with Gasteiger partial charge in [-0.2, -0.15) is 0 Å². The van der Waals surface area contributed by atoms with Crippen LogP contribution in [0, 0.1) is 11.6 Å². The van der Waals surface area contributed by atoms with E-state index >= 15 is 0 Å². The normalized spacial score (nSPS) is 13.5. The minimum Gasteiger partial charge on any atom is -0.479 e. The Morgan fingerprint density at radius 1 is 1.24 bits per heavy atom. The molecule has 2 N–H and O–H groups in total. The van der Waals surface area contributed by atoms with Gasteiger partial charge in [-0.15, -0.1) is 0 Å². The molecule has 0 spiro atoms. The van der Waals surface area contributed by atoms with Gasteiger partial charge in [0.05, 0.1) is 0 Å². The molecule has 0 heterocycles. The van der Waals surface area contributed by atoms with Gasteiger partial charge in [0.1, 0.15) is 0 Å². The second kappa shape index (κ2) is 5.81. The second-order valence-electron chi connectivity index (χ2n) is 4.67. The first-order valence-electron chi connectivity index (χ1n) is 6.06. The molecule has 6 heteroatoms. The topological polar surface area (TPSA) is 49.3 Å². The molecule has 110 valence electrons. The summed E-state index contributed by atoms with van der Waals surface area (Å²) in [5, 5.41) is 12.2. The maximum absolute atomic E-state index is 14.0. The molecule has 2 aromatic rings. The molecule has 0 aliphatic heterocycles. The van der Waals surface area contributed by atoms with Crippen molar-refractivity contribution in [3.63, 3.8) is 0 Å². The van der Waals surface area contributed by atoms with Crippen LogP contribution >= 0.6 is 15.9 Å². The largest absolute Gasteiger partial charge is 0.479 e. The highest BCUT2D eigenvalue weighted by Crippen LogP contribution is 2.30. The van der Waals surface area contributed by atoms with Crippen LogP contribution in [0.3, 0.4) is 0 Å². The summed E-state index contributed by atoms with van der Waals surface area (Å²) >= 11 is 3.27. The molecule has 0 amide bonds. The lowest BCUT2D eigenvalue weighted by atomic mass is 9.91. The Kier molecular flexibility index (Phi) is 4.27. The summed E-state index contributed by atoms with van der Waals surface area (Å²) in [6.45, 7) is 1.29. The summed E-state index contributed by atoms with van der Waals surface area (Å²) in [7, 11) is 0. The Hall–Kier alpha value is -1.95. The average Bonchev–Trinajstić information content (AvgIpc) is 2.41. The number of carbonyl (C=O) groups is 1. The first kappa shape index (κ1) is 15.4. The molecule has 1 unspecified atom stereocenters. The first-order valence-corrected chi connectivity index (χ1v) is 6.85. The number of benzene rings is 2. The molecule has 21 heavy (non-hydrogen) atoms. The number of hydrogen-bond donors (Lipinski definition) is 2. The molecular weight excluding hydrogens is 344 g/mol. The van der Waals surface area contributed by atoms with Gasteiger partial charge in [0.25, 0.3) is 0 Å². The van der Waals surface area contributed by atoms with Gasteiger partial charge in [-0.3, -0.25) is 0 Å². The summed E-state index contributed by atoms with van der Waals surface area (Å²) in [6.07, 6.45) is 0. The summed E-state index contributed by atoms with van der Waals surface area (Å²) in [4.78, 5) is 11.6. The van der Waals surface area contributed by atoms with Crippen LogP contribution in [0.5, 0.6) is 0 Å². The van der Waals surface area contributed by atoms with E-state index in [1.807, 2.05) is 0 Å². The molecule has 0 saturated heterocycles. The molecule has 1 atom stereocenters. The van der Waals surface area contributed by atoms with E-state index in [0.29, 0.717) is 5.69 Å². The van der Waals surface area contributed by atoms with Gasteiger partial charge < -0.3 is 10.4 Å². The van der Waals surface area contributed by atoms with Crippen molar-refractivity contribution in [1.82, 2.24) is 0 Å². The zero-order valence-corrected chi connectivity index (χ0v) is 12.6. The molecule has 0 aliphatic carbocycles. The highest BCUT2D eigenvalue weighted by atomic mass is 79.9. The van der Waals surface area contributed by atoms with Crippen LogP contribution in [0.2, 0.25) is 0 Å². The van der Waals surface area contributed by atoms with Crippen LogP contribution in [0.25, 0.3) is 0 Å². The third-order valence-electron chi connectivity index (χ3n) is 3.14. The molecule has 0 radical (unpaired) electrons. The number of hydrogen-bond acceptors (Lipinski definition) is 2. The van der Waals surface area contributed by atoms with E-state index in [1.54, 1.807) is 24.3 Å². The minimum atomic E-state index is -1.80. The highest BCUT2D eigenvalue weighted by Gasteiger charge is 2.38. The fraction of sp³-hybridized carbons (Fsp3) is 0.133. The van der Waals surface area contributed by atoms with Gasteiger partial charge in [0, 0.05) is 15.7 Å². The van der Waals surface area contributed by atoms with Crippen molar-refractivity contribution in [2.75, 3.05) is 5.32 Å². The lowest BCUT2D eigenvalue weighted by Crippen LogP contribution is -2.41. The first-order chi connectivity index (χ1) is 9.84. The summed E-state index contributed by atoms with van der Waals surface area (Å²) < 4.78 is 28.1. The lowest BCUT2D eigenvalue weighted by molar-refractivity contribution is -0.142. The lowest BCUT2D eigenvalue weighted by Gasteiger charge is -2.28. The van der Waals surface area contributed by atoms with Crippen LogP contribution in [-0.4, -0.2) is 11.1 Å². The Morgan fingerprint density at radius 3 is 2.52 bits per heavy atom. The quantitative estimate of drug-likeness (QED) is 0.866. The number of anilines is 1. The highest BCUT2D eigenvalue weighted by molar-refractivity contribution is 9.10. The number of carboxylic acids is 1. The van der Waals surface area contributed by atoms with E-state index in [1.165, 1.54) is 19.1 Å². The number of halogens is 3. The van der Waals surface area contributed by atoms with Gasteiger partial charge >= 0.3 is 5.97 Å². The third kappa shape index (κ3) is 3.05. The van der Waals surface area contributed by atoms with Gasteiger partial charge in [0.2, 0.25) is 0 Å². The van der Waals surface area contributed by atoms with Crippen LogP contribution in [-0.2, 0) is 10.3 Å². The molecule has 0 aromatic heterocycles. The van der Waals surface area contributed by atoms with Crippen molar-refractivity contribution in [3.8, 4) is 0 Å². The Labute approximate surface area is 128 Å². The van der Waals surface area contributed by atoms with Gasteiger partial charge in [0.15, 0.2) is 17.2 Å². The number of rotatable bonds is 4. The monoisotopic (exact) mass is 355 g/mol. The van der Waals surface area contributed by atoms with Gasteiger partial charge in [-0.1, -0.05) is 34.1 Å². The Morgan fingerprint density at radius 2 is 1.90 bits per heavy atom. The molecule has 0 saturated carbocycles. The van der Waals surface area contributed by atoms with Crippen LogP contribution in [0.15, 0.2) is 46.9 Å². The van der Waals surface area contributed by atoms with E-state index in [4.69, 9.17) is 0 Å². The standard InChI is InChI=1S/C15H12BrF2NO2/c1-15(14(20)21,11-6-3-7-12(17)13(11)18)19-10-5-2-4-9(16)8-10/h2-8,19H,1H3,(H,20,21). The Bertz CT molecular complexity index is 693. The van der Waals surface area contributed by atoms with Crippen molar-refractivity contribution in [1.29, 1.82) is 0 Å². The van der Waals surface area contributed by atoms with E-state index in [0.717, 1.165) is 10.5 Å². The van der Waals surface area contributed by atoms with Crippen LogP contribution in [0.4, 0.5) is 14.5 Å². The van der Waals surface area contributed by atoms with Crippen LogP contribution < -0.4 is 5.32 Å². The third-order valence-corrected chi connectivity index (χ3v) is 3.63. The zero-order chi connectivity index (χ0) is 15.6. The molecule has 3 nitrogen and oxygen atoms in total. The van der Waals surface area contributed by atoms with Gasteiger partial charge in [-0.25, -0.2) is 13.6 Å². The fourth-order valence-corrected chi connectivity index (χ4v) is 2.38. The predicted octanol–water partition coefficient (Wildman–Crippen LogP) is 4.14. The molecule has 0 bridgehead atoms. The minimum absolute atomic E-state index is 0.269. The maximum Gasteiger partial charge on any atom is 0.333 e.